The molecular weight excluding hydrogens is 329 g/mol. The van der Waals surface area contributed by atoms with Crippen molar-refractivity contribution in [2.45, 2.75) is 6.92 Å². The minimum Gasteiger partial charge on any atom is -0.398 e. The van der Waals surface area contributed by atoms with Gasteiger partial charge in [-0.2, -0.15) is 5.10 Å². The first-order chi connectivity index (χ1) is 9.86. The molecule has 0 aliphatic heterocycles. The molecule has 0 saturated carbocycles. The van der Waals surface area contributed by atoms with Gasteiger partial charge in [0, 0.05) is 33.4 Å². The van der Waals surface area contributed by atoms with Crippen LogP contribution in [0.15, 0.2) is 41.5 Å². The van der Waals surface area contributed by atoms with E-state index in [1.165, 1.54) is 0 Å². The van der Waals surface area contributed by atoms with Crippen molar-refractivity contribution in [3.63, 3.8) is 0 Å². The molecule has 0 bridgehead atoms. The first kappa shape index (κ1) is 16.0. The molecule has 2 aromatic carbocycles. The van der Waals surface area contributed by atoms with Crippen LogP contribution in [-0.2, 0) is 0 Å². The fourth-order valence-electron chi connectivity index (χ4n) is 1.90. The second kappa shape index (κ2) is 6.56. The van der Waals surface area contributed by atoms with E-state index in [2.05, 4.69) is 5.10 Å². The lowest BCUT2D eigenvalue weighted by Gasteiger charge is -2.16. The van der Waals surface area contributed by atoms with Gasteiger partial charge < -0.3 is 5.73 Å². The number of nitrogens with two attached hydrogens (primary N) is 1. The van der Waals surface area contributed by atoms with E-state index in [9.17, 15) is 0 Å². The third-order valence-electron chi connectivity index (χ3n) is 2.93. The summed E-state index contributed by atoms with van der Waals surface area (Å²) in [5.41, 5.74) is 8.90. The SMILES string of the molecule is C/C(=N\N(C)c1cc(Cl)cc(Cl)c1)c1cc(Cl)ccc1N. The van der Waals surface area contributed by atoms with Gasteiger partial charge in [0.05, 0.1) is 11.4 Å². The number of anilines is 2. The summed E-state index contributed by atoms with van der Waals surface area (Å²) in [4.78, 5) is 0. The van der Waals surface area contributed by atoms with Gasteiger partial charge in [0.15, 0.2) is 0 Å². The van der Waals surface area contributed by atoms with Crippen molar-refractivity contribution in [2.75, 3.05) is 17.8 Å². The molecule has 110 valence electrons. The minimum absolute atomic E-state index is 0.555. The van der Waals surface area contributed by atoms with Crippen LogP contribution in [0.4, 0.5) is 11.4 Å². The average molecular weight is 343 g/mol. The van der Waals surface area contributed by atoms with E-state index in [0.717, 1.165) is 17.0 Å². The Kier molecular flexibility index (Phi) is 4.99. The van der Waals surface area contributed by atoms with E-state index in [4.69, 9.17) is 40.5 Å². The smallest absolute Gasteiger partial charge is 0.0672 e. The fourth-order valence-corrected chi connectivity index (χ4v) is 2.59. The number of hydrogen-bond acceptors (Lipinski definition) is 3. The molecule has 0 radical (unpaired) electrons. The largest absolute Gasteiger partial charge is 0.398 e. The maximum absolute atomic E-state index is 6.00. The van der Waals surface area contributed by atoms with Gasteiger partial charge in [-0.05, 0) is 43.3 Å². The molecule has 0 aliphatic carbocycles. The Morgan fingerprint density at radius 2 is 1.62 bits per heavy atom. The molecule has 21 heavy (non-hydrogen) atoms. The van der Waals surface area contributed by atoms with Crippen LogP contribution < -0.4 is 10.7 Å². The third kappa shape index (κ3) is 4.03. The van der Waals surface area contributed by atoms with Crippen molar-refractivity contribution in [3.8, 4) is 0 Å². The van der Waals surface area contributed by atoms with Crippen LogP contribution in [0.25, 0.3) is 0 Å². The average Bonchev–Trinajstić information content (AvgIpc) is 2.40. The third-order valence-corrected chi connectivity index (χ3v) is 3.60. The van der Waals surface area contributed by atoms with Gasteiger partial charge in [-0.15, -0.1) is 0 Å². The summed E-state index contributed by atoms with van der Waals surface area (Å²) < 4.78 is 0. The highest BCUT2D eigenvalue weighted by atomic mass is 35.5. The van der Waals surface area contributed by atoms with Gasteiger partial charge in [-0.3, -0.25) is 5.01 Å². The van der Waals surface area contributed by atoms with Crippen LogP contribution in [0.5, 0.6) is 0 Å². The second-order valence-electron chi connectivity index (χ2n) is 4.57. The number of hydrogen-bond donors (Lipinski definition) is 1. The van der Waals surface area contributed by atoms with Crippen LogP contribution in [0.1, 0.15) is 12.5 Å². The standard InChI is InChI=1S/C15H14Cl3N3/c1-9(14-8-10(16)3-4-15(14)19)20-21(2)13-6-11(17)5-12(18)7-13/h3-8H,19H2,1-2H3/b20-9+. The Balaban J connectivity index is 2.35. The Hall–Kier alpha value is -1.42. The van der Waals surface area contributed by atoms with Crippen LogP contribution in [0.3, 0.4) is 0 Å². The molecule has 0 aromatic heterocycles. The molecule has 0 heterocycles. The fraction of sp³-hybridized carbons (Fsp3) is 0.133. The lowest BCUT2D eigenvalue weighted by atomic mass is 10.1. The van der Waals surface area contributed by atoms with Crippen molar-refractivity contribution in [3.05, 3.63) is 57.0 Å². The molecule has 0 spiro atoms. The number of nitrogens with zero attached hydrogens (tertiary/aromatic N) is 2. The molecule has 0 fully saturated rings. The van der Waals surface area contributed by atoms with Crippen molar-refractivity contribution >= 4 is 51.9 Å². The maximum Gasteiger partial charge on any atom is 0.0672 e. The highest BCUT2D eigenvalue weighted by molar-refractivity contribution is 6.35. The Bertz CT molecular complexity index is 678. The number of nitrogen functional groups attached to an aromatic ring is 1. The highest BCUT2D eigenvalue weighted by Crippen LogP contribution is 2.25. The molecule has 2 rings (SSSR count). The number of benzene rings is 2. The van der Waals surface area contributed by atoms with Crippen molar-refractivity contribution in [1.82, 2.24) is 0 Å². The zero-order chi connectivity index (χ0) is 15.6. The molecule has 0 unspecified atom stereocenters. The zero-order valence-corrected chi connectivity index (χ0v) is 13.8. The number of rotatable bonds is 3. The van der Waals surface area contributed by atoms with Gasteiger partial charge in [-0.25, -0.2) is 0 Å². The van der Waals surface area contributed by atoms with Gasteiger partial charge in [0.2, 0.25) is 0 Å². The zero-order valence-electron chi connectivity index (χ0n) is 11.6. The predicted octanol–water partition coefficient (Wildman–Crippen LogP) is 5.09. The van der Waals surface area contributed by atoms with Crippen molar-refractivity contribution in [1.29, 1.82) is 0 Å². The van der Waals surface area contributed by atoms with Crippen LogP contribution in [0, 0.1) is 0 Å². The van der Waals surface area contributed by atoms with E-state index in [1.807, 2.05) is 14.0 Å². The topological polar surface area (TPSA) is 41.6 Å². The molecule has 3 nitrogen and oxygen atoms in total. The van der Waals surface area contributed by atoms with Gasteiger partial charge in [-0.1, -0.05) is 34.8 Å². The molecule has 2 N–H and O–H groups in total. The highest BCUT2D eigenvalue weighted by Gasteiger charge is 2.07. The first-order valence-corrected chi connectivity index (χ1v) is 7.30. The van der Waals surface area contributed by atoms with E-state index < -0.39 is 0 Å². The van der Waals surface area contributed by atoms with Gasteiger partial charge >= 0.3 is 0 Å². The second-order valence-corrected chi connectivity index (χ2v) is 5.88. The summed E-state index contributed by atoms with van der Waals surface area (Å²) >= 11 is 18.0. The molecule has 0 atom stereocenters. The van der Waals surface area contributed by atoms with Crippen LogP contribution >= 0.6 is 34.8 Å². The van der Waals surface area contributed by atoms with Crippen LogP contribution in [0.2, 0.25) is 15.1 Å². The van der Waals surface area contributed by atoms with E-state index in [-0.39, 0.29) is 0 Å². The van der Waals surface area contributed by atoms with Crippen LogP contribution in [-0.4, -0.2) is 12.8 Å². The van der Waals surface area contributed by atoms with Gasteiger partial charge in [0.25, 0.3) is 0 Å². The van der Waals surface area contributed by atoms with E-state index in [0.29, 0.717) is 20.8 Å². The molecular formula is C15H14Cl3N3. The summed E-state index contributed by atoms with van der Waals surface area (Å²) in [7, 11) is 1.81. The number of halogens is 3. The minimum atomic E-state index is 0.555. The first-order valence-electron chi connectivity index (χ1n) is 6.17. The summed E-state index contributed by atoms with van der Waals surface area (Å²) in [5, 5.41) is 7.91. The summed E-state index contributed by atoms with van der Waals surface area (Å²) in [6.07, 6.45) is 0. The summed E-state index contributed by atoms with van der Waals surface area (Å²) in [6.45, 7) is 1.87. The van der Waals surface area contributed by atoms with Crippen molar-refractivity contribution in [2.24, 2.45) is 5.10 Å². The predicted molar refractivity (Wildman–Crippen MR) is 92.9 cm³/mol. The molecule has 0 aliphatic rings. The Morgan fingerprint density at radius 3 is 2.24 bits per heavy atom. The lowest BCUT2D eigenvalue weighted by molar-refractivity contribution is 1.01. The van der Waals surface area contributed by atoms with E-state index >= 15 is 0 Å². The van der Waals surface area contributed by atoms with Crippen molar-refractivity contribution < 1.29 is 0 Å². The Morgan fingerprint density at radius 1 is 1.00 bits per heavy atom. The monoisotopic (exact) mass is 341 g/mol. The summed E-state index contributed by atoms with van der Waals surface area (Å²) in [5.74, 6) is 0. The molecule has 6 heteroatoms. The lowest BCUT2D eigenvalue weighted by Crippen LogP contribution is -2.13. The Labute approximate surface area is 138 Å². The molecule has 0 saturated heterocycles. The molecule has 0 amide bonds. The normalized spacial score (nSPS) is 11.6. The molecule has 2 aromatic rings. The van der Waals surface area contributed by atoms with E-state index in [1.54, 1.807) is 41.4 Å². The maximum atomic E-state index is 6.00. The quantitative estimate of drug-likeness (QED) is 0.479. The summed E-state index contributed by atoms with van der Waals surface area (Å²) in [6, 6.07) is 10.5. The number of hydrazone groups is 1. The van der Waals surface area contributed by atoms with Gasteiger partial charge in [0.1, 0.15) is 0 Å².